The van der Waals surface area contributed by atoms with E-state index in [-0.39, 0.29) is 6.10 Å². The molecule has 20 heavy (non-hydrogen) atoms. The predicted molar refractivity (Wildman–Crippen MR) is 77.9 cm³/mol. The topological polar surface area (TPSA) is 63.2 Å². The lowest BCUT2D eigenvalue weighted by Crippen LogP contribution is -2.35. The van der Waals surface area contributed by atoms with E-state index in [0.29, 0.717) is 5.95 Å². The van der Waals surface area contributed by atoms with Gasteiger partial charge in [-0.25, -0.2) is 0 Å². The predicted octanol–water partition coefficient (Wildman–Crippen LogP) is 1.70. The Labute approximate surface area is 119 Å². The minimum Gasteiger partial charge on any atom is -0.376 e. The van der Waals surface area contributed by atoms with Gasteiger partial charge >= 0.3 is 0 Å². The lowest BCUT2D eigenvalue weighted by molar-refractivity contribution is 0.120. The molecule has 2 atom stereocenters. The first-order valence-corrected chi connectivity index (χ1v) is 7.61. The molecule has 1 N–H and O–H groups in total. The second-order valence-corrected chi connectivity index (χ2v) is 5.85. The van der Waals surface area contributed by atoms with Crippen molar-refractivity contribution in [2.45, 2.75) is 38.7 Å². The number of rotatable bonds is 4. The van der Waals surface area contributed by atoms with E-state index in [1.54, 1.807) is 6.20 Å². The fraction of sp³-hybridized carbons (Fsp3) is 0.786. The van der Waals surface area contributed by atoms with Crippen molar-refractivity contribution in [1.82, 2.24) is 15.2 Å². The lowest BCUT2D eigenvalue weighted by Gasteiger charge is -2.31. The molecule has 2 unspecified atom stereocenters. The molecule has 0 aliphatic carbocycles. The van der Waals surface area contributed by atoms with E-state index < -0.39 is 0 Å². The molecule has 6 nitrogen and oxygen atoms in total. The fourth-order valence-corrected chi connectivity index (χ4v) is 2.93. The summed E-state index contributed by atoms with van der Waals surface area (Å²) in [7, 11) is 0. The third-order valence-corrected chi connectivity index (χ3v) is 4.04. The molecule has 3 heterocycles. The van der Waals surface area contributed by atoms with Crippen molar-refractivity contribution in [2.75, 3.05) is 36.5 Å². The molecular formula is C14H23N5O. The molecule has 2 aliphatic rings. The van der Waals surface area contributed by atoms with Crippen LogP contribution in [0.4, 0.5) is 11.8 Å². The van der Waals surface area contributed by atoms with Gasteiger partial charge in [0.2, 0.25) is 5.95 Å². The van der Waals surface area contributed by atoms with Crippen molar-refractivity contribution < 1.29 is 4.74 Å². The summed E-state index contributed by atoms with van der Waals surface area (Å²) in [6.45, 7) is 6.05. The van der Waals surface area contributed by atoms with Gasteiger partial charge in [0.25, 0.3) is 0 Å². The summed E-state index contributed by atoms with van der Waals surface area (Å²) in [5.74, 6) is 2.26. The standard InChI is InChI=1S/C14H23N5O/c1-11-4-2-6-19(10-11)13-9-16-18-14(17-13)15-8-12-5-3-7-20-12/h9,11-12H,2-8,10H2,1H3,(H,15,17,18). The average Bonchev–Trinajstić information content (AvgIpc) is 2.99. The number of piperidine rings is 1. The van der Waals surface area contributed by atoms with Gasteiger partial charge in [0.15, 0.2) is 5.82 Å². The summed E-state index contributed by atoms with van der Waals surface area (Å²) in [6, 6.07) is 0. The van der Waals surface area contributed by atoms with Crippen molar-refractivity contribution in [2.24, 2.45) is 5.92 Å². The maximum atomic E-state index is 5.59. The number of hydrogen-bond acceptors (Lipinski definition) is 6. The lowest BCUT2D eigenvalue weighted by atomic mass is 10.0. The first kappa shape index (κ1) is 13.5. The summed E-state index contributed by atoms with van der Waals surface area (Å²) in [4.78, 5) is 6.88. The summed E-state index contributed by atoms with van der Waals surface area (Å²) in [6.07, 6.45) is 6.84. The quantitative estimate of drug-likeness (QED) is 0.903. The fourth-order valence-electron chi connectivity index (χ4n) is 2.93. The highest BCUT2D eigenvalue weighted by molar-refractivity contribution is 5.40. The minimum atomic E-state index is 0.289. The first-order valence-electron chi connectivity index (χ1n) is 7.61. The Kier molecular flexibility index (Phi) is 4.30. The molecule has 2 fully saturated rings. The molecule has 0 bridgehead atoms. The Bertz CT molecular complexity index is 435. The van der Waals surface area contributed by atoms with Crippen molar-refractivity contribution >= 4 is 11.8 Å². The Morgan fingerprint density at radius 1 is 1.40 bits per heavy atom. The van der Waals surface area contributed by atoms with Gasteiger partial charge in [-0.1, -0.05) is 6.92 Å². The molecule has 0 radical (unpaired) electrons. The van der Waals surface area contributed by atoms with Gasteiger partial charge in [-0.15, -0.1) is 5.10 Å². The summed E-state index contributed by atoms with van der Waals surface area (Å²) >= 11 is 0. The Balaban J connectivity index is 1.59. The van der Waals surface area contributed by atoms with Crippen molar-refractivity contribution in [3.05, 3.63) is 6.20 Å². The molecule has 0 amide bonds. The molecular weight excluding hydrogens is 254 g/mol. The Morgan fingerprint density at radius 2 is 2.35 bits per heavy atom. The van der Waals surface area contributed by atoms with Crippen LogP contribution in [0.15, 0.2) is 6.20 Å². The van der Waals surface area contributed by atoms with Gasteiger partial charge in [-0.3, -0.25) is 0 Å². The van der Waals surface area contributed by atoms with E-state index in [4.69, 9.17) is 4.74 Å². The molecule has 3 rings (SSSR count). The summed E-state index contributed by atoms with van der Waals surface area (Å²) in [5.41, 5.74) is 0. The largest absolute Gasteiger partial charge is 0.376 e. The molecule has 2 saturated heterocycles. The monoisotopic (exact) mass is 277 g/mol. The number of hydrogen-bond donors (Lipinski definition) is 1. The van der Waals surface area contributed by atoms with E-state index in [9.17, 15) is 0 Å². The number of ether oxygens (including phenoxy) is 1. The molecule has 0 saturated carbocycles. The Morgan fingerprint density at radius 3 is 3.15 bits per heavy atom. The number of aromatic nitrogens is 3. The van der Waals surface area contributed by atoms with Gasteiger partial charge in [0.1, 0.15) is 0 Å². The first-order chi connectivity index (χ1) is 9.81. The van der Waals surface area contributed by atoms with Gasteiger partial charge in [-0.05, 0) is 31.6 Å². The van der Waals surface area contributed by atoms with E-state index in [1.165, 1.54) is 12.8 Å². The van der Waals surface area contributed by atoms with Crippen LogP contribution < -0.4 is 10.2 Å². The van der Waals surface area contributed by atoms with Gasteiger partial charge in [0, 0.05) is 26.2 Å². The van der Waals surface area contributed by atoms with Crippen molar-refractivity contribution in [3.8, 4) is 0 Å². The van der Waals surface area contributed by atoms with Crippen LogP contribution in [-0.2, 0) is 4.74 Å². The molecule has 1 aromatic heterocycles. The van der Waals surface area contributed by atoms with Crippen molar-refractivity contribution in [3.63, 3.8) is 0 Å². The number of anilines is 2. The van der Waals surface area contributed by atoms with Crippen LogP contribution in [0, 0.1) is 5.92 Å². The number of nitrogens with zero attached hydrogens (tertiary/aromatic N) is 4. The van der Waals surface area contributed by atoms with E-state index in [0.717, 1.165) is 50.8 Å². The highest BCUT2D eigenvalue weighted by atomic mass is 16.5. The second kappa shape index (κ2) is 6.35. The molecule has 110 valence electrons. The molecule has 0 spiro atoms. The van der Waals surface area contributed by atoms with Crippen LogP contribution in [0.25, 0.3) is 0 Å². The van der Waals surface area contributed by atoms with Crippen LogP contribution in [0.3, 0.4) is 0 Å². The van der Waals surface area contributed by atoms with Crippen molar-refractivity contribution in [1.29, 1.82) is 0 Å². The Hall–Kier alpha value is -1.43. The van der Waals surface area contributed by atoms with Gasteiger partial charge < -0.3 is 15.0 Å². The van der Waals surface area contributed by atoms with E-state index in [1.807, 2.05) is 0 Å². The maximum absolute atomic E-state index is 5.59. The van der Waals surface area contributed by atoms with Gasteiger partial charge in [-0.2, -0.15) is 10.1 Å². The minimum absolute atomic E-state index is 0.289. The molecule has 1 aromatic rings. The normalized spacial score (nSPS) is 26.8. The highest BCUT2D eigenvalue weighted by Crippen LogP contribution is 2.21. The second-order valence-electron chi connectivity index (χ2n) is 5.85. The van der Waals surface area contributed by atoms with E-state index >= 15 is 0 Å². The van der Waals surface area contributed by atoms with Crippen LogP contribution in [0.1, 0.15) is 32.6 Å². The van der Waals surface area contributed by atoms with Crippen LogP contribution >= 0.6 is 0 Å². The zero-order chi connectivity index (χ0) is 13.8. The maximum Gasteiger partial charge on any atom is 0.244 e. The van der Waals surface area contributed by atoms with Gasteiger partial charge in [0.05, 0.1) is 12.3 Å². The third-order valence-electron chi connectivity index (χ3n) is 4.04. The van der Waals surface area contributed by atoms with Crippen LogP contribution in [0.5, 0.6) is 0 Å². The van der Waals surface area contributed by atoms with E-state index in [2.05, 4.69) is 32.3 Å². The summed E-state index contributed by atoms with van der Waals surface area (Å²) < 4.78 is 5.59. The number of nitrogens with one attached hydrogen (secondary N) is 1. The SMILES string of the molecule is CC1CCCN(c2cnnc(NCC3CCCO3)n2)C1. The zero-order valence-corrected chi connectivity index (χ0v) is 12.1. The molecule has 2 aliphatic heterocycles. The zero-order valence-electron chi connectivity index (χ0n) is 12.1. The average molecular weight is 277 g/mol. The third kappa shape index (κ3) is 3.36. The smallest absolute Gasteiger partial charge is 0.244 e. The van der Waals surface area contributed by atoms with Crippen LogP contribution in [0.2, 0.25) is 0 Å². The summed E-state index contributed by atoms with van der Waals surface area (Å²) in [5, 5.41) is 11.4. The highest BCUT2D eigenvalue weighted by Gasteiger charge is 2.19. The van der Waals surface area contributed by atoms with Crippen LogP contribution in [-0.4, -0.2) is 47.5 Å². The molecule has 6 heteroatoms. The molecule has 0 aromatic carbocycles.